The zero-order valence-electron chi connectivity index (χ0n) is 17.8. The lowest BCUT2D eigenvalue weighted by molar-refractivity contribution is -0.133. The van der Waals surface area contributed by atoms with Gasteiger partial charge in [-0.2, -0.15) is 0 Å². The molecule has 4 amide bonds. The number of carbonyl (C=O) groups is 3. The Morgan fingerprint density at radius 3 is 2.52 bits per heavy atom. The summed E-state index contributed by atoms with van der Waals surface area (Å²) in [6.07, 6.45) is 0. The summed E-state index contributed by atoms with van der Waals surface area (Å²) in [7, 11) is 0. The molecule has 1 aliphatic heterocycles. The fraction of sp³-hybridized carbons (Fsp3) is 0.240. The number of hydrogen-bond acceptors (Lipinski definition) is 3. The van der Waals surface area contributed by atoms with E-state index in [-0.39, 0.29) is 6.54 Å². The Morgan fingerprint density at radius 1 is 1.03 bits per heavy atom. The van der Waals surface area contributed by atoms with Crippen LogP contribution in [0.15, 0.2) is 66.7 Å². The summed E-state index contributed by atoms with van der Waals surface area (Å²) in [6.45, 7) is 5.47. The highest BCUT2D eigenvalue weighted by molar-refractivity contribution is 6.11. The Hall–Kier alpha value is -3.67. The Morgan fingerprint density at radius 2 is 1.74 bits per heavy atom. The zero-order chi connectivity index (χ0) is 22.2. The SMILES string of the molecule is CC(C)c1cccc(NC(=O)CN2C(=O)NC(C)(c3cccc4ccccc34)C2=O)c1. The molecule has 158 valence electrons. The molecular formula is C25H25N3O3. The van der Waals surface area contributed by atoms with Gasteiger partial charge >= 0.3 is 6.03 Å². The molecule has 2 N–H and O–H groups in total. The van der Waals surface area contributed by atoms with Crippen molar-refractivity contribution in [2.24, 2.45) is 0 Å². The molecular weight excluding hydrogens is 390 g/mol. The summed E-state index contributed by atoms with van der Waals surface area (Å²) in [6, 6.07) is 20.3. The molecule has 4 rings (SSSR count). The summed E-state index contributed by atoms with van der Waals surface area (Å²) in [5.41, 5.74) is 1.20. The van der Waals surface area contributed by atoms with Crippen LogP contribution in [-0.4, -0.2) is 29.3 Å². The number of hydrogen-bond donors (Lipinski definition) is 2. The van der Waals surface area contributed by atoms with Gasteiger partial charge in [0.15, 0.2) is 0 Å². The average Bonchev–Trinajstić information content (AvgIpc) is 2.97. The molecule has 1 atom stereocenters. The third-order valence-corrected chi connectivity index (χ3v) is 5.74. The molecule has 0 aromatic heterocycles. The number of nitrogens with zero attached hydrogens (tertiary/aromatic N) is 1. The van der Waals surface area contributed by atoms with Crippen LogP contribution in [0.4, 0.5) is 10.5 Å². The number of urea groups is 1. The highest BCUT2D eigenvalue weighted by Crippen LogP contribution is 2.33. The van der Waals surface area contributed by atoms with Crippen LogP contribution in [0.25, 0.3) is 10.8 Å². The van der Waals surface area contributed by atoms with Gasteiger partial charge in [0.2, 0.25) is 5.91 Å². The van der Waals surface area contributed by atoms with Crippen molar-refractivity contribution in [2.45, 2.75) is 32.2 Å². The maximum Gasteiger partial charge on any atom is 0.325 e. The van der Waals surface area contributed by atoms with E-state index in [2.05, 4.69) is 24.5 Å². The van der Waals surface area contributed by atoms with Crippen molar-refractivity contribution >= 4 is 34.3 Å². The maximum atomic E-state index is 13.3. The quantitative estimate of drug-likeness (QED) is 0.608. The molecule has 3 aromatic carbocycles. The number of imide groups is 1. The van der Waals surface area contributed by atoms with Crippen molar-refractivity contribution in [3.63, 3.8) is 0 Å². The van der Waals surface area contributed by atoms with Crippen molar-refractivity contribution in [1.82, 2.24) is 10.2 Å². The normalized spacial score (nSPS) is 18.5. The summed E-state index contributed by atoms with van der Waals surface area (Å²) >= 11 is 0. The van der Waals surface area contributed by atoms with Gasteiger partial charge < -0.3 is 10.6 Å². The Labute approximate surface area is 181 Å². The van der Waals surface area contributed by atoms with E-state index in [4.69, 9.17) is 0 Å². The van der Waals surface area contributed by atoms with E-state index in [0.717, 1.165) is 21.2 Å². The first-order valence-corrected chi connectivity index (χ1v) is 10.3. The lowest BCUT2D eigenvalue weighted by Crippen LogP contribution is -2.42. The van der Waals surface area contributed by atoms with E-state index in [1.165, 1.54) is 0 Å². The van der Waals surface area contributed by atoms with Crippen LogP contribution in [-0.2, 0) is 15.1 Å². The highest BCUT2D eigenvalue weighted by atomic mass is 16.2. The van der Waals surface area contributed by atoms with Crippen molar-refractivity contribution < 1.29 is 14.4 Å². The predicted molar refractivity (Wildman–Crippen MR) is 121 cm³/mol. The maximum absolute atomic E-state index is 13.3. The van der Waals surface area contributed by atoms with Crippen LogP contribution in [0.5, 0.6) is 0 Å². The number of anilines is 1. The first-order valence-electron chi connectivity index (χ1n) is 10.3. The molecule has 1 heterocycles. The molecule has 3 aromatic rings. The topological polar surface area (TPSA) is 78.5 Å². The standard InChI is InChI=1S/C25H25N3O3/c1-16(2)18-10-6-11-19(14-18)26-22(29)15-28-23(30)25(3,27-24(28)31)21-13-7-9-17-8-4-5-12-20(17)21/h4-14,16H,15H2,1-3H3,(H,26,29)(H,27,31). The third kappa shape index (κ3) is 3.77. The number of nitrogens with one attached hydrogen (secondary N) is 2. The second-order valence-corrected chi connectivity index (χ2v) is 8.30. The monoisotopic (exact) mass is 415 g/mol. The largest absolute Gasteiger partial charge is 0.325 e. The molecule has 0 saturated carbocycles. The number of fused-ring (bicyclic) bond motifs is 1. The van der Waals surface area contributed by atoms with Crippen LogP contribution >= 0.6 is 0 Å². The van der Waals surface area contributed by atoms with E-state index in [1.54, 1.807) is 13.0 Å². The van der Waals surface area contributed by atoms with E-state index in [0.29, 0.717) is 17.2 Å². The lowest BCUT2D eigenvalue weighted by Gasteiger charge is -2.24. The minimum atomic E-state index is -1.24. The lowest BCUT2D eigenvalue weighted by atomic mass is 9.88. The summed E-state index contributed by atoms with van der Waals surface area (Å²) in [5, 5.41) is 7.44. The fourth-order valence-corrected chi connectivity index (χ4v) is 4.00. The summed E-state index contributed by atoms with van der Waals surface area (Å²) in [4.78, 5) is 39.5. The molecule has 0 spiro atoms. The highest BCUT2D eigenvalue weighted by Gasteiger charge is 2.50. The summed E-state index contributed by atoms with van der Waals surface area (Å²) in [5.74, 6) is -0.546. The number of amides is 4. The minimum absolute atomic E-state index is 0.323. The molecule has 6 nitrogen and oxygen atoms in total. The van der Waals surface area contributed by atoms with Crippen LogP contribution in [0, 0.1) is 0 Å². The van der Waals surface area contributed by atoms with Crippen molar-refractivity contribution in [1.29, 1.82) is 0 Å². The second-order valence-electron chi connectivity index (χ2n) is 8.30. The number of carbonyl (C=O) groups excluding carboxylic acids is 3. The van der Waals surface area contributed by atoms with Crippen LogP contribution in [0.2, 0.25) is 0 Å². The molecule has 0 radical (unpaired) electrons. The third-order valence-electron chi connectivity index (χ3n) is 5.74. The Balaban J connectivity index is 1.56. The van der Waals surface area contributed by atoms with Crippen molar-refractivity contribution in [2.75, 3.05) is 11.9 Å². The van der Waals surface area contributed by atoms with Crippen LogP contribution in [0.3, 0.4) is 0 Å². The van der Waals surface area contributed by atoms with E-state index in [9.17, 15) is 14.4 Å². The molecule has 1 aliphatic rings. The van der Waals surface area contributed by atoms with Gasteiger partial charge in [-0.15, -0.1) is 0 Å². The molecule has 0 aliphatic carbocycles. The van der Waals surface area contributed by atoms with Crippen molar-refractivity contribution in [3.05, 3.63) is 77.9 Å². The second kappa shape index (κ2) is 7.87. The van der Waals surface area contributed by atoms with Gasteiger partial charge in [-0.3, -0.25) is 14.5 Å². The first-order chi connectivity index (χ1) is 14.8. The van der Waals surface area contributed by atoms with Gasteiger partial charge in [-0.1, -0.05) is 68.4 Å². The molecule has 1 unspecified atom stereocenters. The number of rotatable bonds is 5. The van der Waals surface area contributed by atoms with Gasteiger partial charge in [0.25, 0.3) is 5.91 Å². The van der Waals surface area contributed by atoms with Gasteiger partial charge in [0.1, 0.15) is 12.1 Å². The van der Waals surface area contributed by atoms with Gasteiger partial charge in [0, 0.05) is 5.69 Å². The zero-order valence-corrected chi connectivity index (χ0v) is 17.8. The van der Waals surface area contributed by atoms with E-state index < -0.39 is 23.4 Å². The molecule has 6 heteroatoms. The Bertz CT molecular complexity index is 1180. The van der Waals surface area contributed by atoms with Crippen LogP contribution < -0.4 is 10.6 Å². The fourth-order valence-electron chi connectivity index (χ4n) is 4.00. The number of benzene rings is 3. The molecule has 0 bridgehead atoms. The first kappa shape index (κ1) is 20.6. The van der Waals surface area contributed by atoms with Gasteiger partial charge in [-0.25, -0.2) is 4.79 Å². The molecule has 1 saturated heterocycles. The smallest absolute Gasteiger partial charge is 0.325 e. The summed E-state index contributed by atoms with van der Waals surface area (Å²) < 4.78 is 0. The van der Waals surface area contributed by atoms with E-state index in [1.807, 2.05) is 60.7 Å². The average molecular weight is 415 g/mol. The Kier molecular flexibility index (Phi) is 5.23. The van der Waals surface area contributed by atoms with E-state index >= 15 is 0 Å². The molecule has 1 fully saturated rings. The predicted octanol–water partition coefficient (Wildman–Crippen LogP) is 4.37. The van der Waals surface area contributed by atoms with Gasteiger partial charge in [0.05, 0.1) is 0 Å². The van der Waals surface area contributed by atoms with Gasteiger partial charge in [-0.05, 0) is 46.9 Å². The minimum Gasteiger partial charge on any atom is -0.325 e. The van der Waals surface area contributed by atoms with Crippen molar-refractivity contribution in [3.8, 4) is 0 Å². The molecule has 31 heavy (non-hydrogen) atoms. The van der Waals surface area contributed by atoms with Crippen LogP contribution in [0.1, 0.15) is 37.8 Å².